The van der Waals surface area contributed by atoms with Crippen molar-refractivity contribution in [3.05, 3.63) is 63.9 Å². The van der Waals surface area contributed by atoms with Crippen LogP contribution in [0, 0.1) is 5.82 Å². The fourth-order valence-electron chi connectivity index (χ4n) is 1.82. The zero-order valence-electron chi connectivity index (χ0n) is 12.9. The number of benzene rings is 2. The van der Waals surface area contributed by atoms with Gasteiger partial charge in [-0.15, -0.1) is 0 Å². The van der Waals surface area contributed by atoms with Crippen molar-refractivity contribution in [1.29, 1.82) is 0 Å². The first-order valence-electron chi connectivity index (χ1n) is 7.26. The molecule has 2 aromatic carbocycles. The Morgan fingerprint density at radius 2 is 1.72 bits per heavy atom. The van der Waals surface area contributed by atoms with Gasteiger partial charge in [-0.2, -0.15) is 5.10 Å². The van der Waals surface area contributed by atoms with E-state index in [-0.39, 0.29) is 18.7 Å². The highest BCUT2D eigenvalue weighted by atomic mass is 35.5. The Morgan fingerprint density at radius 3 is 2.40 bits per heavy atom. The molecule has 0 aliphatic heterocycles. The van der Waals surface area contributed by atoms with Gasteiger partial charge in [0.25, 0.3) is 0 Å². The molecule has 0 saturated carbocycles. The first kappa shape index (κ1) is 18.9. The number of amides is 2. The number of halogens is 3. The van der Waals surface area contributed by atoms with Crippen LogP contribution in [-0.2, 0) is 9.59 Å². The molecule has 5 nitrogen and oxygen atoms in total. The van der Waals surface area contributed by atoms with E-state index in [2.05, 4.69) is 15.8 Å². The van der Waals surface area contributed by atoms with Gasteiger partial charge < -0.3 is 5.32 Å². The Balaban J connectivity index is 1.75. The van der Waals surface area contributed by atoms with Crippen molar-refractivity contribution in [3.63, 3.8) is 0 Å². The molecule has 0 fully saturated rings. The molecule has 2 rings (SSSR count). The van der Waals surface area contributed by atoms with Gasteiger partial charge in [0, 0.05) is 29.1 Å². The second-order valence-electron chi connectivity index (χ2n) is 5.01. The van der Waals surface area contributed by atoms with Gasteiger partial charge in [0.05, 0.1) is 11.2 Å². The molecule has 0 unspecified atom stereocenters. The molecular formula is C17H14Cl2FN3O2. The molecule has 2 N–H and O–H groups in total. The molecule has 8 heteroatoms. The summed E-state index contributed by atoms with van der Waals surface area (Å²) >= 11 is 11.8. The van der Waals surface area contributed by atoms with Crippen LogP contribution in [0.25, 0.3) is 0 Å². The standard InChI is InChI=1S/C17H14Cl2FN3O2/c18-12-2-1-11(15(19)9-12)10-21-23-17(25)8-7-16(24)22-14-5-3-13(20)4-6-14/h1-6,9-10H,7-8H2,(H,22,24)(H,23,25). The van der Waals surface area contributed by atoms with E-state index >= 15 is 0 Å². The summed E-state index contributed by atoms with van der Waals surface area (Å²) in [5.74, 6) is -1.17. The molecule has 0 spiro atoms. The van der Waals surface area contributed by atoms with E-state index in [1.165, 1.54) is 30.5 Å². The van der Waals surface area contributed by atoms with Crippen molar-refractivity contribution in [2.75, 3.05) is 5.32 Å². The lowest BCUT2D eigenvalue weighted by atomic mass is 10.2. The van der Waals surface area contributed by atoms with Crippen molar-refractivity contribution in [3.8, 4) is 0 Å². The Bertz CT molecular complexity index is 795. The quantitative estimate of drug-likeness (QED) is 0.586. The van der Waals surface area contributed by atoms with Crippen LogP contribution in [0.1, 0.15) is 18.4 Å². The molecule has 25 heavy (non-hydrogen) atoms. The van der Waals surface area contributed by atoms with Crippen LogP contribution in [0.5, 0.6) is 0 Å². The lowest BCUT2D eigenvalue weighted by Crippen LogP contribution is -2.20. The van der Waals surface area contributed by atoms with Gasteiger partial charge in [0.2, 0.25) is 11.8 Å². The predicted octanol–water partition coefficient (Wildman–Crippen LogP) is 4.00. The summed E-state index contributed by atoms with van der Waals surface area (Å²) in [7, 11) is 0. The van der Waals surface area contributed by atoms with Gasteiger partial charge in [0.1, 0.15) is 5.82 Å². The average molecular weight is 382 g/mol. The van der Waals surface area contributed by atoms with Crippen molar-refractivity contribution < 1.29 is 14.0 Å². The van der Waals surface area contributed by atoms with Gasteiger partial charge >= 0.3 is 0 Å². The molecule has 0 aliphatic rings. The molecule has 130 valence electrons. The molecule has 0 aromatic heterocycles. The number of rotatable bonds is 6. The summed E-state index contributed by atoms with van der Waals surface area (Å²) in [6.07, 6.45) is 1.31. The highest BCUT2D eigenvalue weighted by Crippen LogP contribution is 2.19. The van der Waals surface area contributed by atoms with Gasteiger partial charge in [-0.05, 0) is 36.4 Å². The number of hydrazone groups is 1. The average Bonchev–Trinajstić information content (AvgIpc) is 2.57. The zero-order chi connectivity index (χ0) is 18.2. The number of nitrogens with one attached hydrogen (secondary N) is 2. The Kier molecular flexibility index (Phi) is 6.91. The van der Waals surface area contributed by atoms with E-state index in [9.17, 15) is 14.0 Å². The smallest absolute Gasteiger partial charge is 0.240 e. The van der Waals surface area contributed by atoms with Crippen molar-refractivity contribution >= 4 is 46.9 Å². The summed E-state index contributed by atoms with van der Waals surface area (Å²) in [5, 5.41) is 7.25. The monoisotopic (exact) mass is 381 g/mol. The highest BCUT2D eigenvalue weighted by molar-refractivity contribution is 6.36. The number of carbonyl (C=O) groups is 2. The van der Waals surface area contributed by atoms with Gasteiger partial charge in [-0.3, -0.25) is 9.59 Å². The molecule has 0 saturated heterocycles. The number of nitrogens with zero attached hydrogens (tertiary/aromatic N) is 1. The van der Waals surface area contributed by atoms with E-state index in [1.54, 1.807) is 18.2 Å². The summed E-state index contributed by atoms with van der Waals surface area (Å²) in [6.45, 7) is 0. The Morgan fingerprint density at radius 1 is 1.04 bits per heavy atom. The second-order valence-corrected chi connectivity index (χ2v) is 5.86. The number of hydrogen-bond acceptors (Lipinski definition) is 3. The molecule has 2 aromatic rings. The molecular weight excluding hydrogens is 368 g/mol. The van der Waals surface area contributed by atoms with Crippen LogP contribution in [-0.4, -0.2) is 18.0 Å². The molecule has 0 atom stereocenters. The van der Waals surface area contributed by atoms with E-state index in [4.69, 9.17) is 23.2 Å². The Labute approximate surface area is 153 Å². The van der Waals surface area contributed by atoms with Gasteiger partial charge in [-0.25, -0.2) is 9.82 Å². The third-order valence-electron chi connectivity index (χ3n) is 3.06. The summed E-state index contributed by atoms with van der Waals surface area (Å²) in [5.41, 5.74) is 3.37. The summed E-state index contributed by atoms with van der Waals surface area (Å²) in [4.78, 5) is 23.4. The fraction of sp³-hybridized carbons (Fsp3) is 0.118. The third-order valence-corrected chi connectivity index (χ3v) is 3.62. The van der Waals surface area contributed by atoms with Gasteiger partial charge in [-0.1, -0.05) is 29.3 Å². The van der Waals surface area contributed by atoms with E-state index in [0.29, 0.717) is 21.3 Å². The number of hydrogen-bond donors (Lipinski definition) is 2. The minimum absolute atomic E-state index is 0.0274. The first-order valence-corrected chi connectivity index (χ1v) is 8.02. The lowest BCUT2D eigenvalue weighted by molar-refractivity contribution is -0.124. The largest absolute Gasteiger partial charge is 0.326 e. The van der Waals surface area contributed by atoms with Crippen LogP contribution in [0.4, 0.5) is 10.1 Å². The molecule has 0 radical (unpaired) electrons. The number of anilines is 1. The van der Waals surface area contributed by atoms with E-state index in [0.717, 1.165) is 0 Å². The molecule has 0 bridgehead atoms. The maximum atomic E-state index is 12.8. The highest BCUT2D eigenvalue weighted by Gasteiger charge is 2.07. The van der Waals surface area contributed by atoms with Crippen LogP contribution in [0.2, 0.25) is 10.0 Å². The van der Waals surface area contributed by atoms with Crippen LogP contribution in [0.3, 0.4) is 0 Å². The predicted molar refractivity (Wildman–Crippen MR) is 96.5 cm³/mol. The maximum Gasteiger partial charge on any atom is 0.240 e. The third kappa shape index (κ3) is 6.52. The SMILES string of the molecule is O=C(CCC(=O)Nc1ccc(F)cc1)NN=Cc1ccc(Cl)cc1Cl. The number of carbonyl (C=O) groups excluding carboxylic acids is 2. The summed E-state index contributed by atoms with van der Waals surface area (Å²) in [6, 6.07) is 10.2. The Hall–Kier alpha value is -2.44. The van der Waals surface area contributed by atoms with Crippen LogP contribution in [0.15, 0.2) is 47.6 Å². The van der Waals surface area contributed by atoms with Crippen molar-refractivity contribution in [2.45, 2.75) is 12.8 Å². The van der Waals surface area contributed by atoms with Crippen LogP contribution < -0.4 is 10.7 Å². The minimum atomic E-state index is -0.421. The van der Waals surface area contributed by atoms with Crippen molar-refractivity contribution in [1.82, 2.24) is 5.43 Å². The van der Waals surface area contributed by atoms with Gasteiger partial charge in [0.15, 0.2) is 0 Å². The summed E-state index contributed by atoms with van der Waals surface area (Å²) < 4.78 is 12.8. The van der Waals surface area contributed by atoms with E-state index in [1.807, 2.05) is 0 Å². The van der Waals surface area contributed by atoms with Crippen LogP contribution >= 0.6 is 23.2 Å². The lowest BCUT2D eigenvalue weighted by Gasteiger charge is -2.04. The molecule has 0 aliphatic carbocycles. The molecule has 2 amide bonds. The normalized spacial score (nSPS) is 10.7. The minimum Gasteiger partial charge on any atom is -0.326 e. The first-order chi connectivity index (χ1) is 11.9. The maximum absolute atomic E-state index is 12.8. The van der Waals surface area contributed by atoms with E-state index < -0.39 is 11.7 Å². The fourth-order valence-corrected chi connectivity index (χ4v) is 2.28. The topological polar surface area (TPSA) is 70.6 Å². The second kappa shape index (κ2) is 9.15. The zero-order valence-corrected chi connectivity index (χ0v) is 14.4. The van der Waals surface area contributed by atoms with Crippen molar-refractivity contribution in [2.24, 2.45) is 5.10 Å². The molecule has 0 heterocycles.